The molecule has 76 valence electrons. The van der Waals surface area contributed by atoms with E-state index in [4.69, 9.17) is 11.6 Å². The fraction of sp³-hybridized carbons (Fsp3) is 0.125. The number of halogens is 4. The Kier molecular flexibility index (Phi) is 4.90. The predicted octanol–water partition coefficient (Wildman–Crippen LogP) is 4.15. The molecule has 0 aliphatic rings. The average molecular weight is 406 g/mol. The van der Waals surface area contributed by atoms with Gasteiger partial charge < -0.3 is 5.32 Å². The van der Waals surface area contributed by atoms with E-state index in [2.05, 4.69) is 53.1 Å². The van der Waals surface area contributed by atoms with Crippen LogP contribution in [0.25, 0.3) is 0 Å². The van der Waals surface area contributed by atoms with Crippen LogP contribution in [0, 0.1) is 0 Å². The summed E-state index contributed by atoms with van der Waals surface area (Å²) in [5, 5.41) is 2.67. The van der Waals surface area contributed by atoms with Gasteiger partial charge in [0.2, 0.25) is 5.91 Å². The Bertz CT molecular complexity index is 347. The molecule has 0 heterocycles. The minimum atomic E-state index is -0.240. The fourth-order valence-corrected chi connectivity index (χ4v) is 3.36. The van der Waals surface area contributed by atoms with Crippen molar-refractivity contribution < 1.29 is 4.79 Å². The molecule has 0 spiro atoms. The molecule has 0 saturated heterocycles. The third kappa shape index (κ3) is 3.22. The first-order chi connectivity index (χ1) is 6.54. The maximum Gasteiger partial charge on any atom is 0.239 e. The summed E-state index contributed by atoms with van der Waals surface area (Å²) in [4.78, 5) is 11.1. The Balaban J connectivity index is 3.02. The van der Waals surface area contributed by atoms with Crippen molar-refractivity contribution in [2.45, 2.75) is 0 Å². The zero-order valence-electron chi connectivity index (χ0n) is 6.78. The zero-order chi connectivity index (χ0) is 10.7. The van der Waals surface area contributed by atoms with E-state index in [0.29, 0.717) is 5.69 Å². The maximum atomic E-state index is 11.1. The van der Waals surface area contributed by atoms with Crippen LogP contribution >= 0.6 is 59.4 Å². The van der Waals surface area contributed by atoms with Crippen LogP contribution in [-0.4, -0.2) is 11.8 Å². The lowest BCUT2D eigenvalue weighted by Gasteiger charge is -2.08. The Hall–Kier alpha value is 0.420. The van der Waals surface area contributed by atoms with Crippen molar-refractivity contribution in [2.24, 2.45) is 0 Å². The molecule has 0 unspecified atom stereocenters. The Morgan fingerprint density at radius 3 is 2.21 bits per heavy atom. The number of hydrogen-bond donors (Lipinski definition) is 1. The molecule has 0 aromatic heterocycles. The summed E-state index contributed by atoms with van der Waals surface area (Å²) in [6.07, 6.45) is 0. The smallest absolute Gasteiger partial charge is 0.239 e. The largest absolute Gasteiger partial charge is 0.323 e. The van der Waals surface area contributed by atoms with Gasteiger partial charge in [0.05, 0.1) is 5.69 Å². The molecular weight excluding hydrogens is 401 g/mol. The average Bonchev–Trinajstić information content (AvgIpc) is 2.10. The predicted molar refractivity (Wildman–Crippen MR) is 68.9 cm³/mol. The van der Waals surface area contributed by atoms with Crippen LogP contribution in [-0.2, 0) is 4.79 Å². The first-order valence-corrected chi connectivity index (χ1v) is 6.46. The van der Waals surface area contributed by atoms with Gasteiger partial charge in [-0.15, -0.1) is 11.6 Å². The summed E-state index contributed by atoms with van der Waals surface area (Å²) in [7, 11) is 0. The van der Waals surface area contributed by atoms with Gasteiger partial charge in [0.15, 0.2) is 0 Å². The second kappa shape index (κ2) is 5.49. The van der Waals surface area contributed by atoms with Gasteiger partial charge >= 0.3 is 0 Å². The van der Waals surface area contributed by atoms with Gasteiger partial charge in [0.25, 0.3) is 0 Å². The van der Waals surface area contributed by atoms with E-state index in [0.717, 1.165) is 13.4 Å². The molecule has 1 aromatic rings. The van der Waals surface area contributed by atoms with Crippen LogP contribution in [0.15, 0.2) is 25.6 Å². The maximum absolute atomic E-state index is 11.1. The zero-order valence-corrected chi connectivity index (χ0v) is 12.3. The van der Waals surface area contributed by atoms with Crippen molar-refractivity contribution >= 4 is 71.0 Å². The standard InChI is InChI=1S/C8H5Br3ClNO/c9-4-1-5(10)8(6(11)2-4)13-7(14)3-12/h1-2H,3H2,(H,13,14). The molecule has 6 heteroatoms. The molecule has 1 amide bonds. The van der Waals surface area contributed by atoms with Gasteiger partial charge in [-0.1, -0.05) is 15.9 Å². The Morgan fingerprint density at radius 1 is 1.29 bits per heavy atom. The van der Waals surface area contributed by atoms with Gasteiger partial charge in [0.1, 0.15) is 5.88 Å². The lowest BCUT2D eigenvalue weighted by Crippen LogP contribution is -2.13. The van der Waals surface area contributed by atoms with Gasteiger partial charge in [-0.2, -0.15) is 0 Å². The molecule has 0 fully saturated rings. The van der Waals surface area contributed by atoms with Gasteiger partial charge in [-0.25, -0.2) is 0 Å². The lowest BCUT2D eigenvalue weighted by molar-refractivity contribution is -0.113. The van der Waals surface area contributed by atoms with Crippen LogP contribution in [0.1, 0.15) is 0 Å². The molecule has 0 bridgehead atoms. The number of alkyl halides is 1. The van der Waals surface area contributed by atoms with Crippen molar-refractivity contribution in [3.05, 3.63) is 25.6 Å². The molecule has 1 N–H and O–H groups in total. The highest BCUT2D eigenvalue weighted by Crippen LogP contribution is 2.34. The van der Waals surface area contributed by atoms with E-state index in [-0.39, 0.29) is 11.8 Å². The van der Waals surface area contributed by atoms with E-state index in [1.807, 2.05) is 12.1 Å². The topological polar surface area (TPSA) is 29.1 Å². The van der Waals surface area contributed by atoms with Crippen LogP contribution in [0.2, 0.25) is 0 Å². The molecule has 2 nitrogen and oxygen atoms in total. The van der Waals surface area contributed by atoms with Crippen molar-refractivity contribution in [1.29, 1.82) is 0 Å². The molecule has 0 atom stereocenters. The second-order valence-corrected chi connectivity index (χ2v) is 5.32. The number of hydrogen-bond acceptors (Lipinski definition) is 1. The van der Waals surface area contributed by atoms with Crippen LogP contribution in [0.5, 0.6) is 0 Å². The van der Waals surface area contributed by atoms with Gasteiger partial charge in [-0.3, -0.25) is 4.79 Å². The van der Waals surface area contributed by atoms with Gasteiger partial charge in [0, 0.05) is 13.4 Å². The molecule has 1 rings (SSSR count). The molecule has 0 saturated carbocycles. The van der Waals surface area contributed by atoms with E-state index in [1.165, 1.54) is 0 Å². The monoisotopic (exact) mass is 403 g/mol. The number of carbonyl (C=O) groups excluding carboxylic acids is 1. The van der Waals surface area contributed by atoms with Crippen molar-refractivity contribution in [2.75, 3.05) is 11.2 Å². The summed E-state index contributed by atoms with van der Waals surface area (Å²) < 4.78 is 2.49. The number of nitrogens with one attached hydrogen (secondary N) is 1. The number of carbonyl (C=O) groups is 1. The summed E-state index contributed by atoms with van der Waals surface area (Å²) in [5.74, 6) is -0.301. The van der Waals surface area contributed by atoms with E-state index < -0.39 is 0 Å². The second-order valence-electron chi connectivity index (χ2n) is 2.43. The number of benzene rings is 1. The highest BCUT2D eigenvalue weighted by atomic mass is 79.9. The summed E-state index contributed by atoms with van der Waals surface area (Å²) >= 11 is 15.4. The lowest BCUT2D eigenvalue weighted by atomic mass is 10.3. The first kappa shape index (κ1) is 12.5. The third-order valence-electron chi connectivity index (χ3n) is 1.39. The first-order valence-electron chi connectivity index (χ1n) is 3.55. The normalized spacial score (nSPS) is 10.0. The van der Waals surface area contributed by atoms with Crippen molar-refractivity contribution in [3.8, 4) is 0 Å². The Morgan fingerprint density at radius 2 is 1.79 bits per heavy atom. The molecule has 0 aliphatic carbocycles. The molecule has 14 heavy (non-hydrogen) atoms. The highest BCUT2D eigenvalue weighted by molar-refractivity contribution is 9.11. The summed E-state index contributed by atoms with van der Waals surface area (Å²) in [5.41, 5.74) is 0.679. The number of amides is 1. The highest BCUT2D eigenvalue weighted by Gasteiger charge is 2.09. The third-order valence-corrected chi connectivity index (χ3v) is 3.34. The van der Waals surface area contributed by atoms with Crippen LogP contribution in [0.4, 0.5) is 5.69 Å². The number of rotatable bonds is 2. The summed E-state index contributed by atoms with van der Waals surface area (Å²) in [6, 6.07) is 3.68. The Labute approximate surface area is 112 Å². The van der Waals surface area contributed by atoms with Gasteiger partial charge in [-0.05, 0) is 44.0 Å². The summed E-state index contributed by atoms with van der Waals surface area (Å²) in [6.45, 7) is 0. The molecule has 1 aromatic carbocycles. The molecule has 0 aliphatic heterocycles. The number of anilines is 1. The van der Waals surface area contributed by atoms with E-state index in [1.54, 1.807) is 0 Å². The van der Waals surface area contributed by atoms with E-state index >= 15 is 0 Å². The van der Waals surface area contributed by atoms with Crippen LogP contribution in [0.3, 0.4) is 0 Å². The minimum absolute atomic E-state index is 0.0606. The molecular formula is C8H5Br3ClNO. The van der Waals surface area contributed by atoms with Crippen molar-refractivity contribution in [1.82, 2.24) is 0 Å². The molecule has 0 radical (unpaired) electrons. The fourth-order valence-electron chi connectivity index (χ4n) is 0.834. The minimum Gasteiger partial charge on any atom is -0.323 e. The van der Waals surface area contributed by atoms with Crippen LogP contribution < -0.4 is 5.32 Å². The quantitative estimate of drug-likeness (QED) is 0.735. The SMILES string of the molecule is O=C(CCl)Nc1c(Br)cc(Br)cc1Br. The van der Waals surface area contributed by atoms with E-state index in [9.17, 15) is 4.79 Å². The van der Waals surface area contributed by atoms with Crippen molar-refractivity contribution in [3.63, 3.8) is 0 Å².